The Morgan fingerprint density at radius 3 is 2.59 bits per heavy atom. The summed E-state index contributed by atoms with van der Waals surface area (Å²) in [6, 6.07) is 10.9. The van der Waals surface area contributed by atoms with Crippen molar-refractivity contribution < 1.29 is 13.2 Å². The molecule has 3 heterocycles. The van der Waals surface area contributed by atoms with E-state index in [9.17, 15) is 8.42 Å². The van der Waals surface area contributed by atoms with Crippen LogP contribution in [0.2, 0.25) is 0 Å². The Bertz CT molecular complexity index is 1380. The summed E-state index contributed by atoms with van der Waals surface area (Å²) in [5, 5.41) is 0. The van der Waals surface area contributed by atoms with Crippen molar-refractivity contribution in [3.05, 3.63) is 65.9 Å². The summed E-state index contributed by atoms with van der Waals surface area (Å²) in [4.78, 5) is 17.1. The number of rotatable bonds is 7. The third kappa shape index (κ3) is 4.35. The number of hydrogen-bond donors (Lipinski definition) is 1. The Morgan fingerprint density at radius 2 is 1.88 bits per heavy atom. The van der Waals surface area contributed by atoms with Crippen LogP contribution in [0.1, 0.15) is 17.1 Å². The minimum absolute atomic E-state index is 0.271. The van der Waals surface area contributed by atoms with E-state index in [1.807, 2.05) is 31.2 Å². The molecular weight excluding hydrogens is 426 g/mol. The molecule has 0 atom stereocenters. The number of sulfonamides is 1. The highest BCUT2D eigenvalue weighted by atomic mass is 32.2. The number of fused-ring (bicyclic) bond motifs is 1. The molecule has 0 saturated carbocycles. The highest BCUT2D eigenvalue weighted by molar-refractivity contribution is 7.89. The van der Waals surface area contributed by atoms with E-state index in [0.29, 0.717) is 12.1 Å². The first-order valence-corrected chi connectivity index (χ1v) is 11.6. The molecule has 0 saturated heterocycles. The van der Waals surface area contributed by atoms with Crippen LogP contribution < -0.4 is 4.74 Å². The third-order valence-corrected chi connectivity index (χ3v) is 7.13. The number of benzene rings is 1. The van der Waals surface area contributed by atoms with Gasteiger partial charge in [-0.15, -0.1) is 0 Å². The number of methoxy groups -OCH3 is 1. The highest BCUT2D eigenvalue weighted by Gasteiger charge is 2.18. The summed E-state index contributed by atoms with van der Waals surface area (Å²) in [5.74, 6) is 1.61. The normalized spacial score (nSPS) is 11.9. The molecular formula is C23H25N5O3S. The number of aromatic nitrogens is 4. The second-order valence-electron chi connectivity index (χ2n) is 7.73. The molecule has 4 rings (SSSR count). The van der Waals surface area contributed by atoms with E-state index in [4.69, 9.17) is 4.74 Å². The molecule has 0 aliphatic carbocycles. The Hall–Kier alpha value is -3.30. The van der Waals surface area contributed by atoms with E-state index in [1.165, 1.54) is 18.4 Å². The molecule has 0 unspecified atom stereocenters. The van der Waals surface area contributed by atoms with Crippen LogP contribution in [-0.2, 0) is 22.9 Å². The van der Waals surface area contributed by atoms with Crippen molar-refractivity contribution in [1.82, 2.24) is 24.2 Å². The molecule has 4 aromatic rings. The van der Waals surface area contributed by atoms with Crippen molar-refractivity contribution in [1.29, 1.82) is 0 Å². The molecule has 0 amide bonds. The Kier molecular flexibility index (Phi) is 5.94. The molecule has 8 nitrogen and oxygen atoms in total. The molecule has 1 N–H and O–H groups in total. The lowest BCUT2D eigenvalue weighted by Crippen LogP contribution is -2.22. The van der Waals surface area contributed by atoms with Crippen molar-refractivity contribution in [2.24, 2.45) is 0 Å². The first-order chi connectivity index (χ1) is 15.3. The fourth-order valence-corrected chi connectivity index (χ4v) is 4.50. The molecule has 0 fully saturated rings. The van der Waals surface area contributed by atoms with Gasteiger partial charge < -0.3 is 9.72 Å². The maximum absolute atomic E-state index is 12.4. The second-order valence-corrected chi connectivity index (χ2v) is 9.88. The number of H-pyrrole nitrogens is 1. The molecule has 0 bridgehead atoms. The van der Waals surface area contributed by atoms with Crippen LogP contribution in [0.25, 0.3) is 22.3 Å². The molecule has 0 aliphatic rings. The van der Waals surface area contributed by atoms with Crippen LogP contribution in [0, 0.1) is 6.92 Å². The minimum atomic E-state index is -3.47. The van der Waals surface area contributed by atoms with Crippen LogP contribution in [-0.4, -0.2) is 53.9 Å². The molecule has 9 heteroatoms. The van der Waals surface area contributed by atoms with Gasteiger partial charge in [0.1, 0.15) is 11.6 Å². The average molecular weight is 452 g/mol. The second kappa shape index (κ2) is 8.68. The topological polar surface area (TPSA) is 101 Å². The molecule has 0 spiro atoms. The van der Waals surface area contributed by atoms with Crippen molar-refractivity contribution >= 4 is 21.2 Å². The maximum atomic E-state index is 12.4. The van der Waals surface area contributed by atoms with Crippen molar-refractivity contribution in [2.45, 2.75) is 24.7 Å². The molecule has 32 heavy (non-hydrogen) atoms. The lowest BCUT2D eigenvalue weighted by atomic mass is 10.0. The molecule has 0 aliphatic heterocycles. The largest absolute Gasteiger partial charge is 0.497 e. The summed E-state index contributed by atoms with van der Waals surface area (Å²) in [7, 11) is 1.21. The van der Waals surface area contributed by atoms with E-state index >= 15 is 0 Å². The van der Waals surface area contributed by atoms with Gasteiger partial charge in [-0.3, -0.25) is 4.98 Å². The van der Waals surface area contributed by atoms with Crippen molar-refractivity contribution in [3.8, 4) is 16.9 Å². The monoisotopic (exact) mass is 451 g/mol. The van der Waals surface area contributed by atoms with Crippen LogP contribution >= 0.6 is 0 Å². The summed E-state index contributed by atoms with van der Waals surface area (Å²) < 4.78 is 31.3. The number of nitrogens with one attached hydrogen (secondary N) is 1. The molecule has 0 radical (unpaired) electrons. The van der Waals surface area contributed by atoms with Gasteiger partial charge in [0.25, 0.3) is 0 Å². The van der Waals surface area contributed by atoms with Crippen LogP contribution in [0.15, 0.2) is 53.7 Å². The van der Waals surface area contributed by atoms with Gasteiger partial charge in [-0.05, 0) is 48.7 Å². The first kappa shape index (κ1) is 21.9. The summed E-state index contributed by atoms with van der Waals surface area (Å²) in [5.41, 5.74) is 5.09. The van der Waals surface area contributed by atoms with Crippen molar-refractivity contribution in [3.63, 3.8) is 0 Å². The van der Waals surface area contributed by atoms with E-state index < -0.39 is 10.0 Å². The maximum Gasteiger partial charge on any atom is 0.242 e. The number of nitrogens with zero attached hydrogens (tertiary/aromatic N) is 4. The SMILES string of the molecule is COc1ccnc(CCc2nc3ncc(-c4ccc(S(=O)(=O)N(C)C)cc4C)cc3[nH]2)c1. The Morgan fingerprint density at radius 1 is 1.06 bits per heavy atom. The average Bonchev–Trinajstić information content (AvgIpc) is 3.19. The fraction of sp³-hybridized carbons (Fsp3) is 0.261. The lowest BCUT2D eigenvalue weighted by Gasteiger charge is -2.13. The zero-order chi connectivity index (χ0) is 22.9. The van der Waals surface area contributed by atoms with Gasteiger partial charge in [0.15, 0.2) is 5.65 Å². The number of aryl methyl sites for hydroxylation is 3. The number of imidazole rings is 1. The van der Waals surface area contributed by atoms with Gasteiger partial charge >= 0.3 is 0 Å². The van der Waals surface area contributed by atoms with E-state index in [-0.39, 0.29) is 4.90 Å². The van der Waals surface area contributed by atoms with Gasteiger partial charge in [0.05, 0.1) is 17.5 Å². The Balaban J connectivity index is 1.58. The smallest absolute Gasteiger partial charge is 0.242 e. The predicted octanol–water partition coefficient (Wildman–Crippen LogP) is 3.37. The standard InChI is InChI=1S/C23H25N5O3S/c1-15-11-19(32(29,30)28(2)3)6-7-20(15)16-12-21-23(25-14-16)27-22(26-21)8-5-17-13-18(31-4)9-10-24-17/h6-7,9-14H,5,8H2,1-4H3,(H,25,26,27). The predicted molar refractivity (Wildman–Crippen MR) is 123 cm³/mol. The zero-order valence-electron chi connectivity index (χ0n) is 18.5. The van der Waals surface area contributed by atoms with Gasteiger partial charge in [-0.1, -0.05) is 6.07 Å². The highest BCUT2D eigenvalue weighted by Crippen LogP contribution is 2.28. The van der Waals surface area contributed by atoms with Gasteiger partial charge in [0, 0.05) is 50.2 Å². The zero-order valence-corrected chi connectivity index (χ0v) is 19.3. The third-order valence-electron chi connectivity index (χ3n) is 5.32. The molecule has 3 aromatic heterocycles. The van der Waals surface area contributed by atoms with Crippen molar-refractivity contribution in [2.75, 3.05) is 21.2 Å². The summed E-state index contributed by atoms with van der Waals surface area (Å²) in [6.07, 6.45) is 4.92. The van der Waals surface area contributed by atoms with Gasteiger partial charge in [-0.2, -0.15) is 0 Å². The Labute approximate surface area is 187 Å². The van der Waals surface area contributed by atoms with Crippen LogP contribution in [0.3, 0.4) is 0 Å². The number of hydrogen-bond acceptors (Lipinski definition) is 6. The minimum Gasteiger partial charge on any atom is -0.497 e. The fourth-order valence-electron chi connectivity index (χ4n) is 3.51. The summed E-state index contributed by atoms with van der Waals surface area (Å²) in [6.45, 7) is 1.90. The first-order valence-electron chi connectivity index (χ1n) is 10.1. The molecule has 1 aromatic carbocycles. The summed E-state index contributed by atoms with van der Waals surface area (Å²) >= 11 is 0. The van der Waals surface area contributed by atoms with Gasteiger partial charge in [0.2, 0.25) is 10.0 Å². The van der Waals surface area contributed by atoms with E-state index in [1.54, 1.807) is 31.6 Å². The van der Waals surface area contributed by atoms with Crippen LogP contribution in [0.5, 0.6) is 5.75 Å². The number of pyridine rings is 2. The van der Waals surface area contributed by atoms with Gasteiger partial charge in [-0.25, -0.2) is 22.7 Å². The number of ether oxygens (including phenoxy) is 1. The quantitative estimate of drug-likeness (QED) is 0.462. The number of aromatic amines is 1. The lowest BCUT2D eigenvalue weighted by molar-refractivity contribution is 0.413. The van der Waals surface area contributed by atoms with E-state index in [2.05, 4.69) is 19.9 Å². The molecule has 166 valence electrons. The van der Waals surface area contributed by atoms with E-state index in [0.717, 1.165) is 45.9 Å². The van der Waals surface area contributed by atoms with Crippen LogP contribution in [0.4, 0.5) is 0 Å².